The second kappa shape index (κ2) is 7.21. The average Bonchev–Trinajstić information content (AvgIpc) is 2.37. The van der Waals surface area contributed by atoms with Crippen molar-refractivity contribution in [3.8, 4) is 0 Å². The third-order valence-electron chi connectivity index (χ3n) is 2.27. The minimum absolute atomic E-state index is 0.0323. The standard InChI is InChI=1S/C13H15NO4/c1-2-3-10-18-13(15)9-8-11-6-4-5-7-12(11)14(16)17/h4-9H,2-3,10H2,1H3/b9-8+. The number of ether oxygens (including phenoxy) is 1. The molecule has 0 aliphatic rings. The highest BCUT2D eigenvalue weighted by molar-refractivity contribution is 5.87. The van der Waals surface area contributed by atoms with Gasteiger partial charge in [-0.15, -0.1) is 0 Å². The van der Waals surface area contributed by atoms with Gasteiger partial charge in [0.15, 0.2) is 0 Å². The Bertz CT molecular complexity index is 454. The molecule has 0 fully saturated rings. The molecule has 0 aromatic heterocycles. The number of carbonyl (C=O) groups is 1. The van der Waals surface area contributed by atoms with Gasteiger partial charge in [-0.3, -0.25) is 10.1 Å². The number of nitrogens with zero attached hydrogens (tertiary/aromatic N) is 1. The Hall–Kier alpha value is -2.17. The van der Waals surface area contributed by atoms with Gasteiger partial charge in [-0.25, -0.2) is 4.79 Å². The summed E-state index contributed by atoms with van der Waals surface area (Å²) in [4.78, 5) is 21.5. The first kappa shape index (κ1) is 13.9. The monoisotopic (exact) mass is 249 g/mol. The van der Waals surface area contributed by atoms with Crippen LogP contribution in [0.2, 0.25) is 0 Å². The zero-order valence-electron chi connectivity index (χ0n) is 10.2. The molecule has 5 nitrogen and oxygen atoms in total. The van der Waals surface area contributed by atoms with Crippen molar-refractivity contribution in [2.24, 2.45) is 0 Å². The summed E-state index contributed by atoms with van der Waals surface area (Å²) in [7, 11) is 0. The third kappa shape index (κ3) is 4.37. The summed E-state index contributed by atoms with van der Waals surface area (Å²) in [6, 6.07) is 6.22. The zero-order chi connectivity index (χ0) is 13.4. The van der Waals surface area contributed by atoms with Crippen LogP contribution >= 0.6 is 0 Å². The van der Waals surface area contributed by atoms with Crippen molar-refractivity contribution in [1.29, 1.82) is 0 Å². The zero-order valence-corrected chi connectivity index (χ0v) is 10.2. The van der Waals surface area contributed by atoms with Gasteiger partial charge in [0.05, 0.1) is 17.1 Å². The van der Waals surface area contributed by atoms with Gasteiger partial charge in [0, 0.05) is 12.1 Å². The maximum Gasteiger partial charge on any atom is 0.330 e. The van der Waals surface area contributed by atoms with Gasteiger partial charge in [0.1, 0.15) is 0 Å². The van der Waals surface area contributed by atoms with Crippen molar-refractivity contribution in [3.05, 3.63) is 46.0 Å². The summed E-state index contributed by atoms with van der Waals surface area (Å²) in [5, 5.41) is 10.7. The first-order chi connectivity index (χ1) is 8.65. The van der Waals surface area contributed by atoms with Crippen LogP contribution in [0.3, 0.4) is 0 Å². The normalized spacial score (nSPS) is 10.5. The van der Waals surface area contributed by atoms with Crippen LogP contribution in [-0.2, 0) is 9.53 Å². The topological polar surface area (TPSA) is 69.4 Å². The minimum Gasteiger partial charge on any atom is -0.463 e. The number of hydrogen-bond acceptors (Lipinski definition) is 4. The number of rotatable bonds is 6. The smallest absolute Gasteiger partial charge is 0.330 e. The van der Waals surface area contributed by atoms with E-state index in [1.807, 2.05) is 6.92 Å². The number of nitro groups is 1. The fourth-order valence-corrected chi connectivity index (χ4v) is 1.32. The van der Waals surface area contributed by atoms with E-state index >= 15 is 0 Å². The van der Waals surface area contributed by atoms with Gasteiger partial charge < -0.3 is 4.74 Å². The lowest BCUT2D eigenvalue weighted by Gasteiger charge is -1.99. The molecule has 5 heteroatoms. The highest BCUT2D eigenvalue weighted by atomic mass is 16.6. The Morgan fingerprint density at radius 1 is 1.44 bits per heavy atom. The fourth-order valence-electron chi connectivity index (χ4n) is 1.32. The third-order valence-corrected chi connectivity index (χ3v) is 2.27. The van der Waals surface area contributed by atoms with E-state index in [-0.39, 0.29) is 5.69 Å². The molecule has 0 radical (unpaired) electrons. The maximum atomic E-state index is 11.3. The summed E-state index contributed by atoms with van der Waals surface area (Å²) in [5.74, 6) is -0.485. The number of esters is 1. The Balaban J connectivity index is 2.66. The van der Waals surface area contributed by atoms with Crippen molar-refractivity contribution in [3.63, 3.8) is 0 Å². The molecule has 1 aromatic rings. The van der Waals surface area contributed by atoms with Crippen LogP contribution in [0.5, 0.6) is 0 Å². The molecule has 0 amide bonds. The van der Waals surface area contributed by atoms with Gasteiger partial charge in [-0.1, -0.05) is 25.5 Å². The van der Waals surface area contributed by atoms with Gasteiger partial charge in [-0.05, 0) is 18.6 Å². The first-order valence-electron chi connectivity index (χ1n) is 5.73. The maximum absolute atomic E-state index is 11.3. The Morgan fingerprint density at radius 3 is 2.83 bits per heavy atom. The number of para-hydroxylation sites is 1. The molecule has 0 aliphatic carbocycles. The van der Waals surface area contributed by atoms with E-state index in [1.165, 1.54) is 18.2 Å². The number of hydrogen-bond donors (Lipinski definition) is 0. The molecule has 0 aliphatic heterocycles. The van der Waals surface area contributed by atoms with Crippen molar-refractivity contribution >= 4 is 17.7 Å². The van der Waals surface area contributed by atoms with Gasteiger partial charge in [0.2, 0.25) is 0 Å². The van der Waals surface area contributed by atoms with Crippen LogP contribution in [0.1, 0.15) is 25.3 Å². The summed E-state index contributed by atoms with van der Waals surface area (Å²) in [6.07, 6.45) is 4.36. The molecule has 0 spiro atoms. The van der Waals surface area contributed by atoms with Gasteiger partial charge >= 0.3 is 5.97 Å². The number of unbranched alkanes of at least 4 members (excludes halogenated alkanes) is 1. The van der Waals surface area contributed by atoms with E-state index in [0.29, 0.717) is 12.2 Å². The lowest BCUT2D eigenvalue weighted by Crippen LogP contribution is -2.01. The van der Waals surface area contributed by atoms with Crippen molar-refractivity contribution in [2.45, 2.75) is 19.8 Å². The number of carbonyl (C=O) groups excluding carboxylic acids is 1. The highest BCUT2D eigenvalue weighted by Gasteiger charge is 2.09. The summed E-state index contributed by atoms with van der Waals surface area (Å²) >= 11 is 0. The van der Waals surface area contributed by atoms with Crippen LogP contribution < -0.4 is 0 Å². The Kier molecular flexibility index (Phi) is 5.57. The molecule has 0 saturated heterocycles. The SMILES string of the molecule is CCCCOC(=O)/C=C/c1ccccc1[N+](=O)[O-]. The Labute approximate surface area is 105 Å². The van der Waals surface area contributed by atoms with E-state index < -0.39 is 10.9 Å². The van der Waals surface area contributed by atoms with Crippen molar-refractivity contribution in [2.75, 3.05) is 6.61 Å². The molecule has 18 heavy (non-hydrogen) atoms. The molecular formula is C13H15NO4. The molecule has 0 N–H and O–H groups in total. The van der Waals surface area contributed by atoms with Crippen LogP contribution in [0.15, 0.2) is 30.3 Å². The summed E-state index contributed by atoms with van der Waals surface area (Å²) < 4.78 is 4.91. The predicted molar refractivity (Wildman–Crippen MR) is 68.0 cm³/mol. The largest absolute Gasteiger partial charge is 0.463 e. The molecule has 0 atom stereocenters. The summed E-state index contributed by atoms with van der Waals surface area (Å²) in [6.45, 7) is 2.37. The quantitative estimate of drug-likeness (QED) is 0.255. The fraction of sp³-hybridized carbons (Fsp3) is 0.308. The number of benzene rings is 1. The van der Waals surface area contributed by atoms with E-state index in [9.17, 15) is 14.9 Å². The molecule has 0 bridgehead atoms. The van der Waals surface area contributed by atoms with E-state index in [0.717, 1.165) is 12.8 Å². The van der Waals surface area contributed by atoms with Crippen LogP contribution in [-0.4, -0.2) is 17.5 Å². The van der Waals surface area contributed by atoms with Crippen LogP contribution in [0, 0.1) is 10.1 Å². The molecule has 0 heterocycles. The minimum atomic E-state index is -0.485. The molecule has 0 unspecified atom stereocenters. The molecule has 96 valence electrons. The molecular weight excluding hydrogens is 234 g/mol. The number of nitro benzene ring substituents is 1. The lowest BCUT2D eigenvalue weighted by atomic mass is 10.1. The van der Waals surface area contributed by atoms with Crippen LogP contribution in [0.25, 0.3) is 6.08 Å². The van der Waals surface area contributed by atoms with Crippen molar-refractivity contribution < 1.29 is 14.5 Å². The molecule has 1 rings (SSSR count). The van der Waals surface area contributed by atoms with Gasteiger partial charge in [0.25, 0.3) is 5.69 Å². The highest BCUT2D eigenvalue weighted by Crippen LogP contribution is 2.18. The van der Waals surface area contributed by atoms with Crippen LogP contribution in [0.4, 0.5) is 5.69 Å². The Morgan fingerprint density at radius 2 is 2.17 bits per heavy atom. The second-order valence-electron chi connectivity index (χ2n) is 3.67. The molecule has 1 aromatic carbocycles. The van der Waals surface area contributed by atoms with E-state index in [4.69, 9.17) is 4.74 Å². The lowest BCUT2D eigenvalue weighted by molar-refractivity contribution is -0.385. The van der Waals surface area contributed by atoms with E-state index in [2.05, 4.69) is 0 Å². The van der Waals surface area contributed by atoms with Gasteiger partial charge in [-0.2, -0.15) is 0 Å². The van der Waals surface area contributed by atoms with Crippen molar-refractivity contribution in [1.82, 2.24) is 0 Å². The second-order valence-corrected chi connectivity index (χ2v) is 3.67. The van der Waals surface area contributed by atoms with E-state index in [1.54, 1.807) is 18.2 Å². The first-order valence-corrected chi connectivity index (χ1v) is 5.73. The average molecular weight is 249 g/mol. The summed E-state index contributed by atoms with van der Waals surface area (Å²) in [5.41, 5.74) is 0.352. The predicted octanol–water partition coefficient (Wildman–Crippen LogP) is 2.95. The molecule has 0 saturated carbocycles.